The molecule has 0 atom stereocenters. The van der Waals surface area contributed by atoms with Gasteiger partial charge in [0, 0.05) is 16.1 Å². The standard InChI is InChI=1S/C23H18ClNO2/c1-15-3-7-17(8-4-15)21-22(18-9-5-16(2)6-10-18)27-23(26-21)25-20-13-11-19(24)12-14-20/h3-14H,1-2H3. The van der Waals surface area contributed by atoms with Gasteiger partial charge in [-0.05, 0) is 38.1 Å². The van der Waals surface area contributed by atoms with Crippen molar-refractivity contribution in [3.05, 3.63) is 94.7 Å². The van der Waals surface area contributed by atoms with Gasteiger partial charge in [-0.3, -0.25) is 0 Å². The lowest BCUT2D eigenvalue weighted by Crippen LogP contribution is -1.92. The van der Waals surface area contributed by atoms with Gasteiger partial charge in [0.15, 0.2) is 11.5 Å². The monoisotopic (exact) mass is 375 g/mol. The average Bonchev–Trinajstić information content (AvgIpc) is 3.08. The van der Waals surface area contributed by atoms with Crippen LogP contribution in [0.5, 0.6) is 0 Å². The third-order valence-electron chi connectivity index (χ3n) is 4.26. The third-order valence-corrected chi connectivity index (χ3v) is 4.51. The molecule has 27 heavy (non-hydrogen) atoms. The Hall–Kier alpha value is -3.04. The van der Waals surface area contributed by atoms with Crippen molar-refractivity contribution in [2.24, 2.45) is 4.99 Å². The van der Waals surface area contributed by atoms with E-state index in [1.54, 1.807) is 12.1 Å². The van der Waals surface area contributed by atoms with Crippen molar-refractivity contribution >= 4 is 17.3 Å². The smallest absolute Gasteiger partial charge is 0.400 e. The Kier molecular flexibility index (Phi) is 4.69. The molecule has 3 nitrogen and oxygen atoms in total. The number of benzene rings is 3. The van der Waals surface area contributed by atoms with Gasteiger partial charge in [-0.1, -0.05) is 71.3 Å². The van der Waals surface area contributed by atoms with Gasteiger partial charge in [-0.25, -0.2) is 0 Å². The SMILES string of the molecule is Cc1ccc(-c2oc(=Nc3ccc(Cl)cc3)oc2-c2ccc(C)cc2)cc1. The van der Waals surface area contributed by atoms with Crippen molar-refractivity contribution in [2.45, 2.75) is 13.8 Å². The summed E-state index contributed by atoms with van der Waals surface area (Å²) in [5.74, 6) is 1.52. The number of nitrogens with zero attached hydrogens (tertiary/aromatic N) is 1. The van der Waals surface area contributed by atoms with Crippen LogP contribution < -0.4 is 5.75 Å². The van der Waals surface area contributed by atoms with Gasteiger partial charge in [0.25, 0.3) is 0 Å². The minimum absolute atomic E-state index is 0.198. The maximum atomic E-state index is 5.99. The molecule has 4 rings (SSSR count). The molecule has 0 saturated heterocycles. The van der Waals surface area contributed by atoms with E-state index in [9.17, 15) is 0 Å². The highest BCUT2D eigenvalue weighted by molar-refractivity contribution is 6.30. The van der Waals surface area contributed by atoms with Gasteiger partial charge < -0.3 is 8.83 Å². The van der Waals surface area contributed by atoms with Crippen molar-refractivity contribution < 1.29 is 8.83 Å². The maximum Gasteiger partial charge on any atom is 0.400 e. The predicted molar refractivity (Wildman–Crippen MR) is 108 cm³/mol. The summed E-state index contributed by atoms with van der Waals surface area (Å²) in [6, 6.07) is 23.5. The summed E-state index contributed by atoms with van der Waals surface area (Å²) in [6.45, 7) is 4.11. The summed E-state index contributed by atoms with van der Waals surface area (Å²) in [5.41, 5.74) is 4.97. The maximum absolute atomic E-state index is 5.99. The van der Waals surface area contributed by atoms with Crippen molar-refractivity contribution in [3.8, 4) is 22.6 Å². The Labute approximate surface area is 162 Å². The second-order valence-corrected chi connectivity index (χ2v) is 6.88. The number of aryl methyl sites for hydroxylation is 2. The number of rotatable bonds is 3. The zero-order valence-corrected chi connectivity index (χ0v) is 15.8. The number of hydrogen-bond acceptors (Lipinski definition) is 3. The molecule has 0 unspecified atom stereocenters. The number of halogens is 1. The first-order valence-corrected chi connectivity index (χ1v) is 9.04. The average molecular weight is 376 g/mol. The van der Waals surface area contributed by atoms with Gasteiger partial charge in [0.1, 0.15) is 0 Å². The molecule has 0 saturated carbocycles. The van der Waals surface area contributed by atoms with Gasteiger partial charge in [-0.2, -0.15) is 4.99 Å². The normalized spacial score (nSPS) is 10.8. The van der Waals surface area contributed by atoms with Gasteiger partial charge >= 0.3 is 5.75 Å². The molecule has 3 aromatic carbocycles. The topological polar surface area (TPSA) is 38.6 Å². The van der Waals surface area contributed by atoms with E-state index >= 15 is 0 Å². The fourth-order valence-electron chi connectivity index (χ4n) is 2.74. The lowest BCUT2D eigenvalue weighted by atomic mass is 10.0. The zero-order valence-electron chi connectivity index (χ0n) is 15.1. The molecule has 0 fully saturated rings. The van der Waals surface area contributed by atoms with E-state index in [0.717, 1.165) is 11.1 Å². The first-order chi connectivity index (χ1) is 13.1. The molecular formula is C23H18ClNO2. The van der Waals surface area contributed by atoms with Crippen LogP contribution in [0.15, 0.2) is 86.6 Å². The highest BCUT2D eigenvalue weighted by Crippen LogP contribution is 2.32. The fraction of sp³-hybridized carbons (Fsp3) is 0.0870. The highest BCUT2D eigenvalue weighted by atomic mass is 35.5. The minimum Gasteiger partial charge on any atom is -0.406 e. The van der Waals surface area contributed by atoms with Crippen molar-refractivity contribution in [1.82, 2.24) is 0 Å². The largest absolute Gasteiger partial charge is 0.406 e. The molecule has 0 bridgehead atoms. The van der Waals surface area contributed by atoms with E-state index in [4.69, 9.17) is 20.4 Å². The number of hydrogen-bond donors (Lipinski definition) is 0. The molecule has 134 valence electrons. The Morgan fingerprint density at radius 3 is 1.52 bits per heavy atom. The molecule has 0 aliphatic rings. The molecule has 0 spiro atoms. The van der Waals surface area contributed by atoms with Crippen LogP contribution in [0.25, 0.3) is 22.6 Å². The van der Waals surface area contributed by atoms with Crippen molar-refractivity contribution in [2.75, 3.05) is 0 Å². The molecule has 0 radical (unpaired) electrons. The summed E-state index contributed by atoms with van der Waals surface area (Å²) in [6.07, 6.45) is 0. The lowest BCUT2D eigenvalue weighted by molar-refractivity contribution is 0.376. The van der Waals surface area contributed by atoms with Crippen molar-refractivity contribution in [1.29, 1.82) is 0 Å². The molecule has 4 aromatic rings. The van der Waals surface area contributed by atoms with Crippen LogP contribution in [0.3, 0.4) is 0 Å². The third kappa shape index (κ3) is 3.88. The second-order valence-electron chi connectivity index (χ2n) is 6.45. The molecule has 1 heterocycles. The summed E-state index contributed by atoms with van der Waals surface area (Å²) in [4.78, 5) is 4.46. The van der Waals surface area contributed by atoms with Gasteiger partial charge in [0.2, 0.25) is 0 Å². The lowest BCUT2D eigenvalue weighted by Gasteiger charge is -2.01. The molecule has 0 aliphatic heterocycles. The van der Waals surface area contributed by atoms with E-state index in [1.165, 1.54) is 11.1 Å². The van der Waals surface area contributed by atoms with E-state index < -0.39 is 0 Å². The van der Waals surface area contributed by atoms with E-state index in [1.807, 2.05) is 60.7 Å². The van der Waals surface area contributed by atoms with Gasteiger partial charge in [-0.15, -0.1) is 0 Å². The summed E-state index contributed by atoms with van der Waals surface area (Å²) >= 11 is 5.94. The van der Waals surface area contributed by atoms with Crippen LogP contribution in [0, 0.1) is 13.8 Å². The fourth-order valence-corrected chi connectivity index (χ4v) is 2.87. The molecule has 0 aliphatic carbocycles. The molecule has 0 amide bonds. The predicted octanol–water partition coefficient (Wildman–Crippen LogP) is 6.71. The Morgan fingerprint density at radius 1 is 0.630 bits per heavy atom. The van der Waals surface area contributed by atoms with E-state index in [2.05, 4.69) is 18.8 Å². The minimum atomic E-state index is 0.198. The quantitative estimate of drug-likeness (QED) is 0.399. The summed E-state index contributed by atoms with van der Waals surface area (Å²) in [5, 5.41) is 0.658. The zero-order chi connectivity index (χ0) is 18.8. The van der Waals surface area contributed by atoms with Crippen LogP contribution in [0.1, 0.15) is 11.1 Å². The van der Waals surface area contributed by atoms with E-state index in [-0.39, 0.29) is 5.75 Å². The summed E-state index contributed by atoms with van der Waals surface area (Å²) in [7, 11) is 0. The van der Waals surface area contributed by atoms with Crippen molar-refractivity contribution in [3.63, 3.8) is 0 Å². The second kappa shape index (κ2) is 7.29. The van der Waals surface area contributed by atoms with Crippen LogP contribution in [0.2, 0.25) is 5.02 Å². The highest BCUT2D eigenvalue weighted by Gasteiger charge is 2.16. The van der Waals surface area contributed by atoms with Crippen LogP contribution in [-0.2, 0) is 0 Å². The van der Waals surface area contributed by atoms with Crippen LogP contribution in [-0.4, -0.2) is 0 Å². The first kappa shape index (κ1) is 17.4. The summed E-state index contributed by atoms with van der Waals surface area (Å²) < 4.78 is 12.0. The molecule has 4 heteroatoms. The van der Waals surface area contributed by atoms with Crippen LogP contribution in [0.4, 0.5) is 5.69 Å². The Morgan fingerprint density at radius 2 is 1.07 bits per heavy atom. The Bertz CT molecular complexity index is 1050. The van der Waals surface area contributed by atoms with Gasteiger partial charge in [0.05, 0.1) is 5.69 Å². The Balaban J connectivity index is 1.87. The van der Waals surface area contributed by atoms with Crippen LogP contribution >= 0.6 is 11.6 Å². The molecule has 0 N–H and O–H groups in total. The van der Waals surface area contributed by atoms with E-state index in [0.29, 0.717) is 22.2 Å². The molecule has 1 aromatic heterocycles. The molecular weight excluding hydrogens is 358 g/mol. The first-order valence-electron chi connectivity index (χ1n) is 8.67.